The van der Waals surface area contributed by atoms with Crippen molar-refractivity contribution in [2.45, 2.75) is 19.9 Å². The van der Waals surface area contributed by atoms with Crippen LogP contribution in [0, 0.1) is 6.92 Å². The zero-order valence-corrected chi connectivity index (χ0v) is 12.1. The Morgan fingerprint density at radius 3 is 2.45 bits per heavy atom. The van der Waals surface area contributed by atoms with E-state index in [0.717, 1.165) is 16.8 Å². The first kappa shape index (κ1) is 14.1. The zero-order valence-electron chi connectivity index (χ0n) is 12.1. The lowest BCUT2D eigenvalue weighted by atomic mass is 10.1. The molecule has 3 heteroatoms. The molecule has 2 N–H and O–H groups in total. The quantitative estimate of drug-likeness (QED) is 0.890. The number of carbonyl (C=O) groups is 1. The van der Waals surface area contributed by atoms with Gasteiger partial charge < -0.3 is 10.6 Å². The number of anilines is 1. The maximum atomic E-state index is 12.4. The molecule has 104 valence electrons. The van der Waals surface area contributed by atoms with Crippen molar-refractivity contribution in [3.05, 3.63) is 65.2 Å². The van der Waals surface area contributed by atoms with Gasteiger partial charge in [-0.25, -0.2) is 0 Å². The van der Waals surface area contributed by atoms with Crippen LogP contribution in [0.3, 0.4) is 0 Å². The number of amides is 1. The maximum absolute atomic E-state index is 12.4. The van der Waals surface area contributed by atoms with Crippen LogP contribution in [-0.2, 0) is 0 Å². The third-order valence-electron chi connectivity index (χ3n) is 3.34. The molecule has 0 aliphatic rings. The Kier molecular flexibility index (Phi) is 4.41. The summed E-state index contributed by atoms with van der Waals surface area (Å²) in [4.78, 5) is 12.4. The van der Waals surface area contributed by atoms with Gasteiger partial charge in [0, 0.05) is 12.7 Å². The molecule has 0 bridgehead atoms. The van der Waals surface area contributed by atoms with Gasteiger partial charge in [0.05, 0.1) is 11.6 Å². The van der Waals surface area contributed by atoms with Gasteiger partial charge in [-0.1, -0.05) is 36.4 Å². The van der Waals surface area contributed by atoms with Crippen molar-refractivity contribution in [2.24, 2.45) is 0 Å². The summed E-state index contributed by atoms with van der Waals surface area (Å²) in [6.07, 6.45) is 0. The van der Waals surface area contributed by atoms with Crippen LogP contribution < -0.4 is 10.6 Å². The number of hydrogen-bond acceptors (Lipinski definition) is 2. The standard InChI is InChI=1S/C17H20N2O/c1-12-9-10-15(16(11-12)18-3)17(20)19-13(2)14-7-5-4-6-8-14/h4-11,13,18H,1-3H3,(H,19,20). The van der Waals surface area contributed by atoms with Crippen molar-refractivity contribution in [2.75, 3.05) is 12.4 Å². The van der Waals surface area contributed by atoms with E-state index in [-0.39, 0.29) is 11.9 Å². The van der Waals surface area contributed by atoms with E-state index in [2.05, 4.69) is 10.6 Å². The molecule has 2 aromatic rings. The van der Waals surface area contributed by atoms with E-state index in [1.165, 1.54) is 0 Å². The lowest BCUT2D eigenvalue weighted by molar-refractivity contribution is 0.0940. The average Bonchev–Trinajstić information content (AvgIpc) is 2.47. The van der Waals surface area contributed by atoms with Crippen LogP contribution in [0.15, 0.2) is 48.5 Å². The summed E-state index contributed by atoms with van der Waals surface area (Å²) < 4.78 is 0. The Hall–Kier alpha value is -2.29. The molecule has 0 saturated heterocycles. The molecule has 2 aromatic carbocycles. The third kappa shape index (κ3) is 3.18. The van der Waals surface area contributed by atoms with Crippen LogP contribution in [0.5, 0.6) is 0 Å². The van der Waals surface area contributed by atoms with Crippen molar-refractivity contribution in [3.8, 4) is 0 Å². The normalized spacial score (nSPS) is 11.8. The van der Waals surface area contributed by atoms with Gasteiger partial charge in [-0.15, -0.1) is 0 Å². The SMILES string of the molecule is CNc1cc(C)ccc1C(=O)NC(C)c1ccccc1. The minimum Gasteiger partial charge on any atom is -0.387 e. The topological polar surface area (TPSA) is 41.1 Å². The fourth-order valence-corrected chi connectivity index (χ4v) is 2.16. The summed E-state index contributed by atoms with van der Waals surface area (Å²) in [5.74, 6) is -0.0642. The molecule has 3 nitrogen and oxygen atoms in total. The summed E-state index contributed by atoms with van der Waals surface area (Å²) >= 11 is 0. The van der Waals surface area contributed by atoms with Crippen LogP contribution in [-0.4, -0.2) is 13.0 Å². The molecule has 0 heterocycles. The average molecular weight is 268 g/mol. The predicted octanol–water partition coefficient (Wildman–Crippen LogP) is 3.53. The highest BCUT2D eigenvalue weighted by molar-refractivity contribution is 5.99. The van der Waals surface area contributed by atoms with E-state index in [4.69, 9.17) is 0 Å². The molecule has 0 spiro atoms. The first-order valence-electron chi connectivity index (χ1n) is 6.76. The second-order valence-corrected chi connectivity index (χ2v) is 4.90. The molecule has 0 aromatic heterocycles. The maximum Gasteiger partial charge on any atom is 0.253 e. The lowest BCUT2D eigenvalue weighted by Crippen LogP contribution is -2.27. The third-order valence-corrected chi connectivity index (χ3v) is 3.34. The van der Waals surface area contributed by atoms with Crippen molar-refractivity contribution < 1.29 is 4.79 Å². The van der Waals surface area contributed by atoms with Crippen molar-refractivity contribution in [1.82, 2.24) is 5.32 Å². The first-order chi connectivity index (χ1) is 9.61. The van der Waals surface area contributed by atoms with E-state index in [0.29, 0.717) is 5.56 Å². The van der Waals surface area contributed by atoms with E-state index in [1.807, 2.05) is 69.4 Å². The van der Waals surface area contributed by atoms with Gasteiger partial charge in [-0.3, -0.25) is 4.79 Å². The van der Waals surface area contributed by atoms with Crippen LogP contribution in [0.4, 0.5) is 5.69 Å². The minimum atomic E-state index is -0.0642. The number of rotatable bonds is 4. The zero-order chi connectivity index (χ0) is 14.5. The van der Waals surface area contributed by atoms with E-state index in [9.17, 15) is 4.79 Å². The van der Waals surface area contributed by atoms with Crippen molar-refractivity contribution in [1.29, 1.82) is 0 Å². The molecule has 2 rings (SSSR count). The fourth-order valence-electron chi connectivity index (χ4n) is 2.16. The van der Waals surface area contributed by atoms with E-state index in [1.54, 1.807) is 0 Å². The van der Waals surface area contributed by atoms with Crippen LogP contribution in [0.25, 0.3) is 0 Å². The molecule has 1 unspecified atom stereocenters. The molecule has 20 heavy (non-hydrogen) atoms. The second-order valence-electron chi connectivity index (χ2n) is 4.90. The Morgan fingerprint density at radius 2 is 1.80 bits per heavy atom. The summed E-state index contributed by atoms with van der Waals surface area (Å²) in [6, 6.07) is 15.7. The second kappa shape index (κ2) is 6.24. The van der Waals surface area contributed by atoms with Gasteiger partial charge in [0.15, 0.2) is 0 Å². The summed E-state index contributed by atoms with van der Waals surface area (Å²) in [7, 11) is 1.83. The lowest BCUT2D eigenvalue weighted by Gasteiger charge is -2.16. The van der Waals surface area contributed by atoms with Crippen LogP contribution in [0.2, 0.25) is 0 Å². The number of hydrogen-bond donors (Lipinski definition) is 2. The predicted molar refractivity (Wildman–Crippen MR) is 83.0 cm³/mol. The highest BCUT2D eigenvalue weighted by Gasteiger charge is 2.14. The van der Waals surface area contributed by atoms with Gasteiger partial charge in [0.2, 0.25) is 0 Å². The van der Waals surface area contributed by atoms with Crippen LogP contribution >= 0.6 is 0 Å². The molecular formula is C17H20N2O. The smallest absolute Gasteiger partial charge is 0.253 e. The Bertz CT molecular complexity index is 593. The minimum absolute atomic E-state index is 0.0188. The van der Waals surface area contributed by atoms with Crippen molar-refractivity contribution >= 4 is 11.6 Å². The highest BCUT2D eigenvalue weighted by atomic mass is 16.1. The number of aryl methyl sites for hydroxylation is 1. The molecule has 1 atom stereocenters. The Labute approximate surface area is 120 Å². The summed E-state index contributed by atoms with van der Waals surface area (Å²) in [5.41, 5.74) is 3.74. The number of nitrogens with one attached hydrogen (secondary N) is 2. The number of benzene rings is 2. The molecule has 0 aliphatic heterocycles. The van der Waals surface area contributed by atoms with Gasteiger partial charge in [0.1, 0.15) is 0 Å². The molecule has 0 radical (unpaired) electrons. The molecule has 0 aliphatic carbocycles. The Morgan fingerprint density at radius 1 is 1.10 bits per heavy atom. The monoisotopic (exact) mass is 268 g/mol. The van der Waals surface area contributed by atoms with Crippen LogP contribution in [0.1, 0.15) is 34.5 Å². The largest absolute Gasteiger partial charge is 0.387 e. The van der Waals surface area contributed by atoms with E-state index >= 15 is 0 Å². The summed E-state index contributed by atoms with van der Waals surface area (Å²) in [6.45, 7) is 4.00. The van der Waals surface area contributed by atoms with Gasteiger partial charge in [-0.05, 0) is 37.1 Å². The fraction of sp³-hybridized carbons (Fsp3) is 0.235. The first-order valence-corrected chi connectivity index (χ1v) is 6.76. The van der Waals surface area contributed by atoms with E-state index < -0.39 is 0 Å². The summed E-state index contributed by atoms with van der Waals surface area (Å²) in [5, 5.41) is 6.10. The van der Waals surface area contributed by atoms with Gasteiger partial charge >= 0.3 is 0 Å². The molecule has 0 saturated carbocycles. The highest BCUT2D eigenvalue weighted by Crippen LogP contribution is 2.19. The Balaban J connectivity index is 2.16. The van der Waals surface area contributed by atoms with Crippen molar-refractivity contribution in [3.63, 3.8) is 0 Å². The molecular weight excluding hydrogens is 248 g/mol. The van der Waals surface area contributed by atoms with Gasteiger partial charge in [-0.2, -0.15) is 0 Å². The molecule has 1 amide bonds. The molecule has 0 fully saturated rings. The number of carbonyl (C=O) groups excluding carboxylic acids is 1. The van der Waals surface area contributed by atoms with Gasteiger partial charge in [0.25, 0.3) is 5.91 Å².